The van der Waals surface area contributed by atoms with E-state index in [-0.39, 0.29) is 0 Å². The van der Waals surface area contributed by atoms with Crippen LogP contribution in [0.25, 0.3) is 0 Å². The van der Waals surface area contributed by atoms with Gasteiger partial charge in [0.15, 0.2) is 0 Å². The maximum Gasteiger partial charge on any atom is 0.132 e. The zero-order valence-corrected chi connectivity index (χ0v) is 6.72. The van der Waals surface area contributed by atoms with Crippen LogP contribution < -0.4 is 4.90 Å². The van der Waals surface area contributed by atoms with Gasteiger partial charge in [0.2, 0.25) is 0 Å². The van der Waals surface area contributed by atoms with E-state index >= 15 is 0 Å². The molecule has 2 nitrogen and oxygen atoms in total. The Balaban J connectivity index is 2.21. The summed E-state index contributed by atoms with van der Waals surface area (Å²) in [6, 6.07) is 5.92. The first-order valence-corrected chi connectivity index (χ1v) is 3.98. The molecule has 0 aliphatic carbocycles. The molecule has 1 aromatic rings. The predicted molar refractivity (Wildman–Crippen MR) is 49.9 cm³/mol. The Kier molecular flexibility index (Phi) is 1.90. The summed E-state index contributed by atoms with van der Waals surface area (Å²) in [5, 5.41) is 0. The number of hydrogen-bond donors (Lipinski definition) is 0. The van der Waals surface area contributed by atoms with Crippen molar-refractivity contribution in [1.29, 1.82) is 0 Å². The van der Waals surface area contributed by atoms with Gasteiger partial charge in [0.05, 0.1) is 0 Å². The predicted octanol–water partition coefficient (Wildman–Crippen LogP) is 1.97. The molecule has 1 aliphatic rings. The van der Waals surface area contributed by atoms with E-state index in [0.717, 1.165) is 12.4 Å². The third-order valence-corrected chi connectivity index (χ3v) is 1.76. The second kappa shape index (κ2) is 3.22. The Morgan fingerprint density at radius 3 is 2.92 bits per heavy atom. The number of anilines is 1. The van der Waals surface area contributed by atoms with Gasteiger partial charge in [-0.1, -0.05) is 18.2 Å². The van der Waals surface area contributed by atoms with E-state index in [2.05, 4.69) is 16.0 Å². The molecule has 0 saturated carbocycles. The molecule has 60 valence electrons. The molecule has 2 heteroatoms. The lowest BCUT2D eigenvalue weighted by atomic mass is 10.3. The summed E-state index contributed by atoms with van der Waals surface area (Å²) >= 11 is 0. The highest BCUT2D eigenvalue weighted by Gasteiger charge is 2.01. The Morgan fingerprint density at radius 1 is 1.25 bits per heavy atom. The smallest absolute Gasteiger partial charge is 0.132 e. The third-order valence-electron chi connectivity index (χ3n) is 1.76. The van der Waals surface area contributed by atoms with E-state index < -0.39 is 0 Å². The number of aromatic nitrogens is 1. The monoisotopic (exact) mass is 158 g/mol. The van der Waals surface area contributed by atoms with Gasteiger partial charge in [-0.15, -0.1) is 0 Å². The van der Waals surface area contributed by atoms with E-state index in [1.54, 1.807) is 0 Å². The highest BCUT2D eigenvalue weighted by atomic mass is 15.2. The summed E-state index contributed by atoms with van der Waals surface area (Å²) in [5.41, 5.74) is 0. The van der Waals surface area contributed by atoms with Gasteiger partial charge in [-0.25, -0.2) is 4.98 Å². The van der Waals surface area contributed by atoms with Crippen LogP contribution in [0.2, 0.25) is 0 Å². The van der Waals surface area contributed by atoms with Crippen LogP contribution >= 0.6 is 0 Å². The normalized spacial score (nSPS) is 15.2. The average Bonchev–Trinajstić information content (AvgIpc) is 2.21. The topological polar surface area (TPSA) is 16.1 Å². The molecule has 0 unspecified atom stereocenters. The Hall–Kier alpha value is -1.57. The van der Waals surface area contributed by atoms with Gasteiger partial charge in [-0.05, 0) is 18.2 Å². The molecule has 2 rings (SSSR count). The summed E-state index contributed by atoms with van der Waals surface area (Å²) < 4.78 is 0. The van der Waals surface area contributed by atoms with Gasteiger partial charge in [0, 0.05) is 18.9 Å². The lowest BCUT2D eigenvalue weighted by molar-refractivity contribution is 1.03. The van der Waals surface area contributed by atoms with Crippen LogP contribution in [0.4, 0.5) is 5.82 Å². The van der Waals surface area contributed by atoms with Crippen molar-refractivity contribution in [2.45, 2.75) is 0 Å². The van der Waals surface area contributed by atoms with Gasteiger partial charge in [-0.2, -0.15) is 0 Å². The van der Waals surface area contributed by atoms with E-state index in [9.17, 15) is 0 Å². The highest BCUT2D eigenvalue weighted by molar-refractivity contribution is 5.44. The second-order valence-electron chi connectivity index (χ2n) is 2.61. The van der Waals surface area contributed by atoms with Crippen LogP contribution in [-0.4, -0.2) is 11.5 Å². The van der Waals surface area contributed by atoms with E-state index in [4.69, 9.17) is 0 Å². The molecule has 0 radical (unpaired) electrons. The minimum Gasteiger partial charge on any atom is -0.329 e. The molecule has 2 heterocycles. The van der Waals surface area contributed by atoms with E-state index in [1.807, 2.05) is 42.7 Å². The zero-order valence-electron chi connectivity index (χ0n) is 6.72. The van der Waals surface area contributed by atoms with Crippen LogP contribution in [-0.2, 0) is 0 Å². The summed E-state index contributed by atoms with van der Waals surface area (Å²) in [4.78, 5) is 6.34. The first kappa shape index (κ1) is 7.10. The number of pyridine rings is 1. The van der Waals surface area contributed by atoms with E-state index in [1.165, 1.54) is 0 Å². The zero-order chi connectivity index (χ0) is 8.23. The molecule has 1 aromatic heterocycles. The van der Waals surface area contributed by atoms with Crippen LogP contribution in [0, 0.1) is 0 Å². The quantitative estimate of drug-likeness (QED) is 0.621. The lowest BCUT2D eigenvalue weighted by Crippen LogP contribution is -2.18. The molecule has 0 amide bonds. The molecule has 0 N–H and O–H groups in total. The van der Waals surface area contributed by atoms with Crippen molar-refractivity contribution in [2.24, 2.45) is 0 Å². The van der Waals surface area contributed by atoms with Crippen molar-refractivity contribution in [3.8, 4) is 0 Å². The van der Waals surface area contributed by atoms with Gasteiger partial charge in [-0.3, -0.25) is 0 Å². The van der Waals surface area contributed by atoms with Gasteiger partial charge in [0.1, 0.15) is 5.82 Å². The summed E-state index contributed by atoms with van der Waals surface area (Å²) in [6.07, 6.45) is 10.00. The summed E-state index contributed by atoms with van der Waals surface area (Å²) in [6.45, 7) is 0.910. The molecule has 0 atom stereocenters. The van der Waals surface area contributed by atoms with Crippen molar-refractivity contribution in [1.82, 2.24) is 4.98 Å². The van der Waals surface area contributed by atoms with Gasteiger partial charge >= 0.3 is 0 Å². The van der Waals surface area contributed by atoms with Crippen molar-refractivity contribution in [2.75, 3.05) is 11.4 Å². The van der Waals surface area contributed by atoms with Crippen LogP contribution in [0.5, 0.6) is 0 Å². The fourth-order valence-corrected chi connectivity index (χ4v) is 1.16. The first-order chi connectivity index (χ1) is 5.97. The van der Waals surface area contributed by atoms with Crippen LogP contribution in [0.15, 0.2) is 48.8 Å². The second-order valence-corrected chi connectivity index (χ2v) is 2.61. The molecule has 12 heavy (non-hydrogen) atoms. The minimum atomic E-state index is 0.910. The maximum atomic E-state index is 4.24. The Labute approximate surface area is 71.9 Å². The summed E-state index contributed by atoms with van der Waals surface area (Å²) in [7, 11) is 0. The molecule has 0 spiro atoms. The number of nitrogens with zero attached hydrogens (tertiary/aromatic N) is 2. The molecular formula is C10H10N2. The largest absolute Gasteiger partial charge is 0.329 e. The molecule has 0 aromatic carbocycles. The Bertz CT molecular complexity index is 301. The fourth-order valence-electron chi connectivity index (χ4n) is 1.16. The maximum absolute atomic E-state index is 4.24. The Morgan fingerprint density at radius 2 is 2.25 bits per heavy atom. The lowest BCUT2D eigenvalue weighted by Gasteiger charge is -2.18. The SMILES string of the molecule is C1=CCN(c2ccccn2)C=C1. The molecule has 0 fully saturated rings. The molecule has 0 saturated heterocycles. The molecule has 0 bridgehead atoms. The third kappa shape index (κ3) is 1.37. The van der Waals surface area contributed by atoms with Crippen LogP contribution in [0.1, 0.15) is 0 Å². The van der Waals surface area contributed by atoms with Crippen LogP contribution in [0.3, 0.4) is 0 Å². The van der Waals surface area contributed by atoms with Crippen molar-refractivity contribution >= 4 is 5.82 Å². The number of allylic oxidation sites excluding steroid dienone is 2. The molecular weight excluding hydrogens is 148 g/mol. The van der Waals surface area contributed by atoms with Gasteiger partial charge in [0.25, 0.3) is 0 Å². The first-order valence-electron chi connectivity index (χ1n) is 3.98. The minimum absolute atomic E-state index is 0.910. The van der Waals surface area contributed by atoms with Crippen molar-refractivity contribution in [3.63, 3.8) is 0 Å². The standard InChI is InChI=1S/C10H10N2/c1-4-8-12(9-5-1)10-6-2-3-7-11-10/h1-8H,9H2. The number of rotatable bonds is 1. The number of hydrogen-bond acceptors (Lipinski definition) is 2. The van der Waals surface area contributed by atoms with E-state index in [0.29, 0.717) is 0 Å². The average molecular weight is 158 g/mol. The highest BCUT2D eigenvalue weighted by Crippen LogP contribution is 2.11. The van der Waals surface area contributed by atoms with Gasteiger partial charge < -0.3 is 4.90 Å². The van der Waals surface area contributed by atoms with Crippen molar-refractivity contribution in [3.05, 3.63) is 48.8 Å². The van der Waals surface area contributed by atoms with Crippen molar-refractivity contribution < 1.29 is 0 Å². The fraction of sp³-hybridized carbons (Fsp3) is 0.100. The molecule has 1 aliphatic heterocycles. The summed E-state index contributed by atoms with van der Waals surface area (Å²) in [5.74, 6) is 0.998.